The molecule has 2 amide bonds. The van der Waals surface area contributed by atoms with Gasteiger partial charge in [-0.05, 0) is 41.6 Å². The lowest BCUT2D eigenvalue weighted by molar-refractivity contribution is -0.123. The van der Waals surface area contributed by atoms with Crippen LogP contribution in [0, 0.1) is 11.3 Å². The lowest BCUT2D eigenvalue weighted by atomic mass is 10.1. The average molecular weight is 410 g/mol. The number of carbonyl (C=O) groups excluding carboxylic acids is 2. The van der Waals surface area contributed by atoms with E-state index in [0.717, 1.165) is 16.7 Å². The second kappa shape index (κ2) is 8.71. The van der Waals surface area contributed by atoms with Crippen LogP contribution < -0.4 is 14.2 Å². The van der Waals surface area contributed by atoms with E-state index in [4.69, 9.17) is 14.2 Å². The van der Waals surface area contributed by atoms with Crippen LogP contribution in [-0.4, -0.2) is 37.4 Å². The molecule has 3 rings (SSSR count). The first-order valence-corrected chi connectivity index (χ1v) is 9.38. The zero-order chi connectivity index (χ0) is 21.0. The highest BCUT2D eigenvalue weighted by atomic mass is 32.2. The number of carbonyl (C=O) groups is 2. The molecule has 1 aliphatic heterocycles. The maximum Gasteiger partial charge on any atom is 0.293 e. The number of nitriles is 1. The molecule has 2 aromatic carbocycles. The standard InChI is InChI=1S/C21H18N2O5S/c1-26-16-9-8-13(18(27-2)19(16)28-3)10-17-20(24)23(21(25)29-17)12-15-7-5-4-6-14(15)11-22/h4-10H,12H2,1-3H3/b17-10+. The normalized spacial score (nSPS) is 14.8. The van der Waals surface area contributed by atoms with Crippen molar-refractivity contribution in [3.63, 3.8) is 0 Å². The zero-order valence-electron chi connectivity index (χ0n) is 16.1. The molecule has 148 valence electrons. The Morgan fingerprint density at radius 1 is 1.03 bits per heavy atom. The van der Waals surface area contributed by atoms with E-state index in [1.807, 2.05) is 0 Å². The second-order valence-electron chi connectivity index (χ2n) is 5.96. The van der Waals surface area contributed by atoms with Crippen molar-refractivity contribution in [2.75, 3.05) is 21.3 Å². The molecule has 7 nitrogen and oxygen atoms in total. The second-order valence-corrected chi connectivity index (χ2v) is 6.95. The molecule has 8 heteroatoms. The van der Waals surface area contributed by atoms with Gasteiger partial charge in [0, 0.05) is 5.56 Å². The van der Waals surface area contributed by atoms with Crippen molar-refractivity contribution < 1.29 is 23.8 Å². The smallest absolute Gasteiger partial charge is 0.293 e. The summed E-state index contributed by atoms with van der Waals surface area (Å²) in [6, 6.07) is 12.4. The number of benzene rings is 2. The Kier molecular flexibility index (Phi) is 6.10. The molecule has 1 fully saturated rings. The van der Waals surface area contributed by atoms with Gasteiger partial charge in [0.25, 0.3) is 11.1 Å². The van der Waals surface area contributed by atoms with E-state index in [9.17, 15) is 14.9 Å². The number of ether oxygens (including phenoxy) is 3. The topological polar surface area (TPSA) is 88.9 Å². The van der Waals surface area contributed by atoms with Crippen LogP contribution >= 0.6 is 11.8 Å². The third-order valence-electron chi connectivity index (χ3n) is 4.36. The van der Waals surface area contributed by atoms with Crippen molar-refractivity contribution >= 4 is 29.0 Å². The number of nitrogens with zero attached hydrogens (tertiary/aromatic N) is 2. The van der Waals surface area contributed by atoms with E-state index in [1.54, 1.807) is 42.5 Å². The maximum atomic E-state index is 12.8. The van der Waals surface area contributed by atoms with Gasteiger partial charge in [-0.2, -0.15) is 5.26 Å². The van der Waals surface area contributed by atoms with Gasteiger partial charge in [-0.3, -0.25) is 14.5 Å². The van der Waals surface area contributed by atoms with Crippen LogP contribution in [0.2, 0.25) is 0 Å². The van der Waals surface area contributed by atoms with E-state index < -0.39 is 11.1 Å². The molecular formula is C21H18N2O5S. The fraction of sp³-hybridized carbons (Fsp3) is 0.190. The Hall–Kier alpha value is -3.44. The van der Waals surface area contributed by atoms with Gasteiger partial charge in [0.1, 0.15) is 0 Å². The van der Waals surface area contributed by atoms with Crippen LogP contribution in [0.1, 0.15) is 16.7 Å². The molecule has 0 saturated carbocycles. The molecule has 1 heterocycles. The minimum atomic E-state index is -0.426. The van der Waals surface area contributed by atoms with E-state index in [-0.39, 0.29) is 11.4 Å². The fourth-order valence-corrected chi connectivity index (χ4v) is 3.78. The van der Waals surface area contributed by atoms with Gasteiger partial charge in [0.15, 0.2) is 11.5 Å². The third-order valence-corrected chi connectivity index (χ3v) is 5.27. The van der Waals surface area contributed by atoms with E-state index in [0.29, 0.717) is 33.9 Å². The average Bonchev–Trinajstić information content (AvgIpc) is 3.00. The number of hydrogen-bond acceptors (Lipinski definition) is 7. The van der Waals surface area contributed by atoms with Gasteiger partial charge >= 0.3 is 0 Å². The first-order chi connectivity index (χ1) is 14.0. The molecule has 29 heavy (non-hydrogen) atoms. The van der Waals surface area contributed by atoms with E-state index >= 15 is 0 Å². The number of methoxy groups -OCH3 is 3. The highest BCUT2D eigenvalue weighted by molar-refractivity contribution is 8.18. The largest absolute Gasteiger partial charge is 0.493 e. The van der Waals surface area contributed by atoms with Crippen LogP contribution in [0.25, 0.3) is 6.08 Å². The summed E-state index contributed by atoms with van der Waals surface area (Å²) in [5.41, 5.74) is 1.62. The zero-order valence-corrected chi connectivity index (χ0v) is 16.9. The lowest BCUT2D eigenvalue weighted by Crippen LogP contribution is -2.27. The number of imide groups is 1. The predicted octanol–water partition coefficient (Wildman–Crippen LogP) is 3.82. The summed E-state index contributed by atoms with van der Waals surface area (Å²) >= 11 is 0.840. The van der Waals surface area contributed by atoms with Gasteiger partial charge in [0.05, 0.1) is 44.4 Å². The fourth-order valence-electron chi connectivity index (χ4n) is 2.95. The molecule has 1 aliphatic rings. The van der Waals surface area contributed by atoms with Crippen molar-refractivity contribution in [1.29, 1.82) is 5.26 Å². The molecule has 0 bridgehead atoms. The lowest BCUT2D eigenvalue weighted by Gasteiger charge is -2.14. The molecular weight excluding hydrogens is 392 g/mol. The molecule has 0 spiro atoms. The molecule has 2 aromatic rings. The maximum absolute atomic E-state index is 12.8. The first-order valence-electron chi connectivity index (χ1n) is 8.56. The minimum Gasteiger partial charge on any atom is -0.493 e. The summed E-state index contributed by atoms with van der Waals surface area (Å²) in [7, 11) is 4.49. The summed E-state index contributed by atoms with van der Waals surface area (Å²) in [5, 5.41) is 8.83. The van der Waals surface area contributed by atoms with Crippen LogP contribution in [0.15, 0.2) is 41.3 Å². The van der Waals surface area contributed by atoms with Gasteiger partial charge in [-0.1, -0.05) is 18.2 Å². The van der Waals surface area contributed by atoms with Crippen molar-refractivity contribution in [2.45, 2.75) is 6.54 Å². The van der Waals surface area contributed by atoms with Gasteiger partial charge < -0.3 is 14.2 Å². The van der Waals surface area contributed by atoms with Crippen LogP contribution in [0.5, 0.6) is 17.2 Å². The van der Waals surface area contributed by atoms with Crippen molar-refractivity contribution in [1.82, 2.24) is 4.90 Å². The summed E-state index contributed by atoms with van der Waals surface area (Å²) < 4.78 is 16.0. The Labute approximate surface area is 172 Å². The molecule has 0 aromatic heterocycles. The molecule has 1 saturated heterocycles. The van der Waals surface area contributed by atoms with E-state index in [2.05, 4.69) is 6.07 Å². The molecule has 0 unspecified atom stereocenters. The predicted molar refractivity (Wildman–Crippen MR) is 109 cm³/mol. The molecule has 0 radical (unpaired) electrons. The Balaban J connectivity index is 1.94. The van der Waals surface area contributed by atoms with Crippen molar-refractivity contribution in [2.24, 2.45) is 0 Å². The van der Waals surface area contributed by atoms with Crippen molar-refractivity contribution in [3.8, 4) is 23.3 Å². The summed E-state index contributed by atoms with van der Waals surface area (Å²) in [6.45, 7) is 0.0365. The summed E-state index contributed by atoms with van der Waals surface area (Å²) in [5.74, 6) is 0.853. The summed E-state index contributed by atoms with van der Waals surface area (Å²) in [6.07, 6.45) is 1.59. The summed E-state index contributed by atoms with van der Waals surface area (Å²) in [4.78, 5) is 26.7. The quantitative estimate of drug-likeness (QED) is 0.669. The Morgan fingerprint density at radius 2 is 1.76 bits per heavy atom. The Morgan fingerprint density at radius 3 is 2.41 bits per heavy atom. The van der Waals surface area contributed by atoms with Crippen LogP contribution in [0.3, 0.4) is 0 Å². The Bertz CT molecular complexity index is 1040. The SMILES string of the molecule is COc1ccc(/C=C2/SC(=O)N(Cc3ccccc3C#N)C2=O)c(OC)c1OC. The van der Waals surface area contributed by atoms with Gasteiger partial charge in [0.2, 0.25) is 5.75 Å². The number of thioether (sulfide) groups is 1. The monoisotopic (exact) mass is 410 g/mol. The van der Waals surface area contributed by atoms with Gasteiger partial charge in [-0.15, -0.1) is 0 Å². The number of amides is 2. The molecule has 0 N–H and O–H groups in total. The van der Waals surface area contributed by atoms with Crippen LogP contribution in [-0.2, 0) is 11.3 Å². The highest BCUT2D eigenvalue weighted by Crippen LogP contribution is 2.42. The van der Waals surface area contributed by atoms with E-state index in [1.165, 1.54) is 21.3 Å². The minimum absolute atomic E-state index is 0.0365. The molecule has 0 aliphatic carbocycles. The first kappa shape index (κ1) is 20.3. The molecule has 0 atom stereocenters. The third kappa shape index (κ3) is 3.91. The van der Waals surface area contributed by atoms with Crippen molar-refractivity contribution in [3.05, 3.63) is 58.0 Å². The van der Waals surface area contributed by atoms with Crippen LogP contribution in [0.4, 0.5) is 4.79 Å². The van der Waals surface area contributed by atoms with Gasteiger partial charge in [-0.25, -0.2) is 0 Å². The number of rotatable bonds is 6. The highest BCUT2D eigenvalue weighted by Gasteiger charge is 2.35. The number of hydrogen-bond donors (Lipinski definition) is 0.